The van der Waals surface area contributed by atoms with E-state index in [0.717, 1.165) is 11.3 Å². The maximum Gasteiger partial charge on any atom is 0.0702 e. The summed E-state index contributed by atoms with van der Waals surface area (Å²) < 4.78 is 0. The average molecular weight is 259 g/mol. The Balaban J connectivity index is 2.07. The van der Waals surface area contributed by atoms with Gasteiger partial charge in [0.1, 0.15) is 0 Å². The lowest BCUT2D eigenvalue weighted by atomic mass is 9.98. The van der Waals surface area contributed by atoms with Crippen molar-refractivity contribution in [3.63, 3.8) is 0 Å². The molecule has 0 atom stereocenters. The van der Waals surface area contributed by atoms with E-state index in [1.807, 2.05) is 24.4 Å². The van der Waals surface area contributed by atoms with Gasteiger partial charge in [-0.05, 0) is 43.2 Å². The van der Waals surface area contributed by atoms with Crippen molar-refractivity contribution in [1.29, 1.82) is 0 Å². The van der Waals surface area contributed by atoms with Gasteiger partial charge in [-0.25, -0.2) is 0 Å². The summed E-state index contributed by atoms with van der Waals surface area (Å²) in [5, 5.41) is 0. The minimum Gasteiger partial charge on any atom is -0.256 e. The van der Waals surface area contributed by atoms with E-state index in [0.29, 0.717) is 0 Å². The maximum absolute atomic E-state index is 4.42. The van der Waals surface area contributed by atoms with Crippen molar-refractivity contribution in [1.82, 2.24) is 4.98 Å². The van der Waals surface area contributed by atoms with Gasteiger partial charge in [-0.3, -0.25) is 4.98 Å². The molecule has 2 aromatic carbocycles. The van der Waals surface area contributed by atoms with Crippen LogP contribution >= 0.6 is 0 Å². The molecule has 0 radical (unpaired) electrons. The third kappa shape index (κ3) is 2.62. The van der Waals surface area contributed by atoms with Crippen molar-refractivity contribution in [2.24, 2.45) is 0 Å². The fourth-order valence-corrected chi connectivity index (χ4v) is 2.53. The molecule has 3 aromatic rings. The van der Waals surface area contributed by atoms with Gasteiger partial charge in [0.2, 0.25) is 0 Å². The Morgan fingerprint density at radius 3 is 2.10 bits per heavy atom. The third-order valence-electron chi connectivity index (χ3n) is 3.38. The molecule has 1 nitrogen and oxygen atoms in total. The van der Waals surface area contributed by atoms with Crippen molar-refractivity contribution in [2.75, 3.05) is 0 Å². The lowest BCUT2D eigenvalue weighted by molar-refractivity contribution is 1.32. The molecule has 0 spiro atoms. The van der Waals surface area contributed by atoms with Crippen LogP contribution in [0, 0.1) is 13.8 Å². The second-order valence-electron chi connectivity index (χ2n) is 5.17. The summed E-state index contributed by atoms with van der Waals surface area (Å²) in [5.41, 5.74) is 7.26. The summed E-state index contributed by atoms with van der Waals surface area (Å²) >= 11 is 0. The number of benzene rings is 2. The van der Waals surface area contributed by atoms with Gasteiger partial charge < -0.3 is 0 Å². The zero-order valence-corrected chi connectivity index (χ0v) is 11.8. The summed E-state index contributed by atoms with van der Waals surface area (Å²) in [6.07, 6.45) is 1.83. The Hall–Kier alpha value is -2.41. The fraction of sp³-hybridized carbons (Fsp3) is 0.105. The Morgan fingerprint density at radius 1 is 0.650 bits per heavy atom. The minimum absolute atomic E-state index is 1.01. The first-order valence-corrected chi connectivity index (χ1v) is 6.82. The highest BCUT2D eigenvalue weighted by atomic mass is 14.7. The van der Waals surface area contributed by atoms with Crippen LogP contribution in [0.25, 0.3) is 22.4 Å². The minimum atomic E-state index is 1.01. The Labute approximate surface area is 119 Å². The lowest BCUT2D eigenvalue weighted by Gasteiger charge is -2.07. The molecule has 0 aliphatic carbocycles. The van der Waals surface area contributed by atoms with E-state index in [2.05, 4.69) is 61.3 Å². The largest absolute Gasteiger partial charge is 0.256 e. The molecule has 0 amide bonds. The van der Waals surface area contributed by atoms with Crippen LogP contribution in [0.2, 0.25) is 0 Å². The molecule has 20 heavy (non-hydrogen) atoms. The topological polar surface area (TPSA) is 12.9 Å². The smallest absolute Gasteiger partial charge is 0.0702 e. The third-order valence-corrected chi connectivity index (χ3v) is 3.38. The van der Waals surface area contributed by atoms with Crippen molar-refractivity contribution < 1.29 is 0 Å². The highest BCUT2D eigenvalue weighted by Gasteiger charge is 2.03. The van der Waals surface area contributed by atoms with Crippen LogP contribution in [0.1, 0.15) is 11.1 Å². The number of aryl methyl sites for hydroxylation is 2. The van der Waals surface area contributed by atoms with Crippen molar-refractivity contribution in [3.8, 4) is 22.4 Å². The SMILES string of the molecule is Cc1cc(C)cc(-c2cccc(-c3ccccn3)c2)c1. The molecule has 1 heterocycles. The first kappa shape index (κ1) is 12.6. The van der Waals surface area contributed by atoms with E-state index in [4.69, 9.17) is 0 Å². The van der Waals surface area contributed by atoms with E-state index in [1.165, 1.54) is 22.3 Å². The molecular weight excluding hydrogens is 242 g/mol. The number of aromatic nitrogens is 1. The van der Waals surface area contributed by atoms with E-state index in [1.54, 1.807) is 0 Å². The van der Waals surface area contributed by atoms with Gasteiger partial charge in [-0.15, -0.1) is 0 Å². The second-order valence-corrected chi connectivity index (χ2v) is 5.17. The molecular formula is C19H17N. The molecule has 0 N–H and O–H groups in total. The molecule has 0 saturated carbocycles. The zero-order chi connectivity index (χ0) is 13.9. The second kappa shape index (κ2) is 5.30. The quantitative estimate of drug-likeness (QED) is 0.628. The molecule has 98 valence electrons. The summed E-state index contributed by atoms with van der Waals surface area (Å²) in [7, 11) is 0. The first-order chi connectivity index (χ1) is 9.72. The molecule has 1 aromatic heterocycles. The molecule has 0 bridgehead atoms. The van der Waals surface area contributed by atoms with E-state index >= 15 is 0 Å². The van der Waals surface area contributed by atoms with E-state index in [9.17, 15) is 0 Å². The summed E-state index contributed by atoms with van der Waals surface area (Å²) in [6.45, 7) is 4.28. The van der Waals surface area contributed by atoms with Crippen LogP contribution in [0.5, 0.6) is 0 Å². The van der Waals surface area contributed by atoms with Gasteiger partial charge in [0.25, 0.3) is 0 Å². The van der Waals surface area contributed by atoms with Gasteiger partial charge in [-0.2, -0.15) is 0 Å². The van der Waals surface area contributed by atoms with Crippen LogP contribution < -0.4 is 0 Å². The number of nitrogens with zero attached hydrogens (tertiary/aromatic N) is 1. The van der Waals surface area contributed by atoms with Gasteiger partial charge in [-0.1, -0.05) is 53.6 Å². The number of hydrogen-bond acceptors (Lipinski definition) is 1. The van der Waals surface area contributed by atoms with Crippen molar-refractivity contribution >= 4 is 0 Å². The fourth-order valence-electron chi connectivity index (χ4n) is 2.53. The van der Waals surface area contributed by atoms with E-state index in [-0.39, 0.29) is 0 Å². The standard InChI is InChI=1S/C19H17N/c1-14-10-15(2)12-18(11-14)16-6-5-7-17(13-16)19-8-3-4-9-20-19/h3-13H,1-2H3. The number of pyridine rings is 1. The van der Waals surface area contributed by atoms with Crippen molar-refractivity contribution in [2.45, 2.75) is 13.8 Å². The van der Waals surface area contributed by atoms with Crippen LogP contribution in [0.3, 0.4) is 0 Å². The molecule has 0 unspecified atom stereocenters. The van der Waals surface area contributed by atoms with Crippen LogP contribution in [0.15, 0.2) is 66.9 Å². The summed E-state index contributed by atoms with van der Waals surface area (Å²) in [5.74, 6) is 0. The highest BCUT2D eigenvalue weighted by Crippen LogP contribution is 2.26. The first-order valence-electron chi connectivity index (χ1n) is 6.82. The van der Waals surface area contributed by atoms with Gasteiger partial charge in [0.15, 0.2) is 0 Å². The summed E-state index contributed by atoms with van der Waals surface area (Å²) in [4.78, 5) is 4.42. The molecule has 0 aliphatic heterocycles. The molecule has 0 saturated heterocycles. The van der Waals surface area contributed by atoms with Crippen LogP contribution in [0.4, 0.5) is 0 Å². The Morgan fingerprint density at radius 2 is 1.40 bits per heavy atom. The van der Waals surface area contributed by atoms with Crippen LogP contribution in [-0.2, 0) is 0 Å². The molecule has 0 aliphatic rings. The monoisotopic (exact) mass is 259 g/mol. The maximum atomic E-state index is 4.42. The van der Waals surface area contributed by atoms with E-state index < -0.39 is 0 Å². The molecule has 1 heteroatoms. The van der Waals surface area contributed by atoms with Gasteiger partial charge in [0, 0.05) is 11.8 Å². The predicted octanol–water partition coefficient (Wildman–Crippen LogP) is 5.03. The van der Waals surface area contributed by atoms with Gasteiger partial charge in [0.05, 0.1) is 5.69 Å². The Kier molecular flexibility index (Phi) is 3.34. The summed E-state index contributed by atoms with van der Waals surface area (Å²) in [6, 6.07) is 21.2. The predicted molar refractivity (Wildman–Crippen MR) is 84.6 cm³/mol. The Bertz CT molecular complexity index is 710. The lowest BCUT2D eigenvalue weighted by Crippen LogP contribution is -1.85. The zero-order valence-electron chi connectivity index (χ0n) is 11.8. The number of hydrogen-bond donors (Lipinski definition) is 0. The molecule has 3 rings (SSSR count). The highest BCUT2D eigenvalue weighted by molar-refractivity contribution is 5.72. The van der Waals surface area contributed by atoms with Crippen LogP contribution in [-0.4, -0.2) is 4.98 Å². The number of rotatable bonds is 2. The van der Waals surface area contributed by atoms with Crippen molar-refractivity contribution in [3.05, 3.63) is 78.0 Å². The van der Waals surface area contributed by atoms with Gasteiger partial charge >= 0.3 is 0 Å². The average Bonchev–Trinajstić information content (AvgIpc) is 2.47. The normalized spacial score (nSPS) is 10.5. The molecule has 0 fully saturated rings.